The standard InChI is InChI=1S/C20H32N2/c1-15-3-5-17(6-4-15)18-9-13-20(22,14-10-18)19(21)11-7-16(2)8-12-19/h3-6,16,18H,7-14,21-22H2,1-2H3/t16?,18-,19?,20+. The Balaban J connectivity index is 1.66. The molecule has 2 aliphatic carbocycles. The van der Waals surface area contributed by atoms with Crippen molar-refractivity contribution in [2.45, 2.75) is 82.2 Å². The maximum Gasteiger partial charge on any atom is 0.0337 e. The Morgan fingerprint density at radius 2 is 1.27 bits per heavy atom. The number of benzene rings is 1. The van der Waals surface area contributed by atoms with E-state index in [1.54, 1.807) is 0 Å². The average molecular weight is 300 g/mol. The fourth-order valence-corrected chi connectivity index (χ4v) is 4.58. The third-order valence-corrected chi connectivity index (χ3v) is 6.58. The second-order valence-corrected chi connectivity index (χ2v) is 8.18. The van der Waals surface area contributed by atoms with Crippen molar-refractivity contribution in [3.8, 4) is 0 Å². The van der Waals surface area contributed by atoms with E-state index in [1.165, 1.54) is 36.8 Å². The molecule has 2 aliphatic rings. The smallest absolute Gasteiger partial charge is 0.0337 e. The minimum atomic E-state index is -0.145. The SMILES string of the molecule is Cc1ccc([C@H]2CC[C@](N)(C3(N)CCC(C)CC3)CC2)cc1. The summed E-state index contributed by atoms with van der Waals surface area (Å²) in [7, 11) is 0. The first-order valence-corrected chi connectivity index (χ1v) is 9.06. The number of hydrogen-bond donors (Lipinski definition) is 2. The molecule has 2 nitrogen and oxygen atoms in total. The third-order valence-electron chi connectivity index (χ3n) is 6.58. The molecule has 0 unspecified atom stereocenters. The summed E-state index contributed by atoms with van der Waals surface area (Å²) in [5, 5.41) is 0. The predicted molar refractivity (Wildman–Crippen MR) is 93.9 cm³/mol. The molecule has 0 heterocycles. The summed E-state index contributed by atoms with van der Waals surface area (Å²) in [5.41, 5.74) is 16.2. The molecule has 2 saturated carbocycles. The highest BCUT2D eigenvalue weighted by molar-refractivity contribution is 5.26. The van der Waals surface area contributed by atoms with E-state index in [0.29, 0.717) is 5.92 Å². The minimum Gasteiger partial charge on any atom is -0.324 e. The normalized spacial score (nSPS) is 39.6. The molecule has 4 N–H and O–H groups in total. The van der Waals surface area contributed by atoms with Crippen LogP contribution < -0.4 is 11.5 Å². The van der Waals surface area contributed by atoms with Gasteiger partial charge in [-0.25, -0.2) is 0 Å². The molecule has 1 aromatic carbocycles. The molecule has 0 spiro atoms. The Labute approximate surface area is 135 Å². The minimum absolute atomic E-state index is 0.127. The van der Waals surface area contributed by atoms with Gasteiger partial charge in [0.15, 0.2) is 0 Å². The van der Waals surface area contributed by atoms with Gasteiger partial charge in [0.25, 0.3) is 0 Å². The van der Waals surface area contributed by atoms with E-state index in [4.69, 9.17) is 11.5 Å². The fraction of sp³-hybridized carbons (Fsp3) is 0.700. The van der Waals surface area contributed by atoms with Crippen LogP contribution in [0.25, 0.3) is 0 Å². The van der Waals surface area contributed by atoms with Crippen LogP contribution in [0, 0.1) is 12.8 Å². The zero-order valence-electron chi connectivity index (χ0n) is 14.3. The van der Waals surface area contributed by atoms with Crippen LogP contribution in [0.1, 0.15) is 75.3 Å². The number of hydrogen-bond acceptors (Lipinski definition) is 2. The summed E-state index contributed by atoms with van der Waals surface area (Å²) < 4.78 is 0. The van der Waals surface area contributed by atoms with Gasteiger partial charge in [0, 0.05) is 11.1 Å². The molecule has 0 atom stereocenters. The molecule has 3 rings (SSSR count). The molecule has 1 aromatic rings. The van der Waals surface area contributed by atoms with E-state index < -0.39 is 0 Å². The highest BCUT2D eigenvalue weighted by atomic mass is 14.9. The van der Waals surface area contributed by atoms with Crippen molar-refractivity contribution in [3.05, 3.63) is 35.4 Å². The van der Waals surface area contributed by atoms with Crippen LogP contribution in [-0.2, 0) is 0 Å². The maximum absolute atomic E-state index is 6.85. The van der Waals surface area contributed by atoms with Gasteiger partial charge in [-0.05, 0) is 75.7 Å². The van der Waals surface area contributed by atoms with E-state index in [2.05, 4.69) is 38.1 Å². The molecule has 0 amide bonds. The van der Waals surface area contributed by atoms with Gasteiger partial charge in [0.2, 0.25) is 0 Å². The average Bonchev–Trinajstić information content (AvgIpc) is 2.52. The van der Waals surface area contributed by atoms with Gasteiger partial charge >= 0.3 is 0 Å². The van der Waals surface area contributed by atoms with E-state index in [0.717, 1.165) is 31.6 Å². The number of aryl methyl sites for hydroxylation is 1. The predicted octanol–water partition coefficient (Wildman–Crippen LogP) is 4.26. The number of nitrogens with two attached hydrogens (primary N) is 2. The molecule has 0 radical (unpaired) electrons. The Kier molecular flexibility index (Phi) is 4.35. The Bertz CT molecular complexity index is 489. The lowest BCUT2D eigenvalue weighted by Gasteiger charge is -2.52. The monoisotopic (exact) mass is 300 g/mol. The van der Waals surface area contributed by atoms with Crippen molar-refractivity contribution in [3.63, 3.8) is 0 Å². The van der Waals surface area contributed by atoms with Crippen LogP contribution in [-0.4, -0.2) is 11.1 Å². The zero-order valence-corrected chi connectivity index (χ0v) is 14.3. The molecule has 2 fully saturated rings. The first kappa shape index (κ1) is 16.0. The summed E-state index contributed by atoms with van der Waals surface area (Å²) in [6.07, 6.45) is 9.25. The van der Waals surface area contributed by atoms with Gasteiger partial charge in [0.05, 0.1) is 0 Å². The van der Waals surface area contributed by atoms with E-state index in [9.17, 15) is 0 Å². The quantitative estimate of drug-likeness (QED) is 0.857. The summed E-state index contributed by atoms with van der Waals surface area (Å²) in [6, 6.07) is 9.05. The van der Waals surface area contributed by atoms with Crippen molar-refractivity contribution in [2.24, 2.45) is 17.4 Å². The van der Waals surface area contributed by atoms with Crippen LogP contribution in [0.3, 0.4) is 0 Å². The second kappa shape index (κ2) is 5.98. The molecular weight excluding hydrogens is 268 g/mol. The first-order valence-electron chi connectivity index (χ1n) is 9.06. The second-order valence-electron chi connectivity index (χ2n) is 8.18. The summed E-state index contributed by atoms with van der Waals surface area (Å²) >= 11 is 0. The topological polar surface area (TPSA) is 52.0 Å². The molecule has 0 aromatic heterocycles. The van der Waals surface area contributed by atoms with Gasteiger partial charge in [-0.15, -0.1) is 0 Å². The fourth-order valence-electron chi connectivity index (χ4n) is 4.58. The van der Waals surface area contributed by atoms with Gasteiger partial charge in [-0.3, -0.25) is 0 Å². The van der Waals surface area contributed by atoms with Crippen LogP contribution in [0.5, 0.6) is 0 Å². The van der Waals surface area contributed by atoms with Gasteiger partial charge < -0.3 is 11.5 Å². The van der Waals surface area contributed by atoms with Crippen molar-refractivity contribution in [2.75, 3.05) is 0 Å². The maximum atomic E-state index is 6.85. The van der Waals surface area contributed by atoms with Gasteiger partial charge in [-0.2, -0.15) is 0 Å². The molecule has 0 bridgehead atoms. The lowest BCUT2D eigenvalue weighted by Crippen LogP contribution is -2.67. The van der Waals surface area contributed by atoms with E-state index in [-0.39, 0.29) is 11.1 Å². The van der Waals surface area contributed by atoms with Crippen LogP contribution in [0.15, 0.2) is 24.3 Å². The van der Waals surface area contributed by atoms with Crippen LogP contribution in [0.2, 0.25) is 0 Å². The molecule has 122 valence electrons. The zero-order chi connectivity index (χ0) is 15.8. The van der Waals surface area contributed by atoms with Gasteiger partial charge in [0.1, 0.15) is 0 Å². The summed E-state index contributed by atoms with van der Waals surface area (Å²) in [4.78, 5) is 0. The Hall–Kier alpha value is -0.860. The van der Waals surface area contributed by atoms with Crippen molar-refractivity contribution in [1.29, 1.82) is 0 Å². The summed E-state index contributed by atoms with van der Waals surface area (Å²) in [5.74, 6) is 1.49. The Morgan fingerprint density at radius 3 is 1.77 bits per heavy atom. The molecule has 2 heteroatoms. The highest BCUT2D eigenvalue weighted by Gasteiger charge is 2.48. The molecule has 0 saturated heterocycles. The lowest BCUT2D eigenvalue weighted by atomic mass is 9.60. The van der Waals surface area contributed by atoms with E-state index in [1.807, 2.05) is 0 Å². The lowest BCUT2D eigenvalue weighted by molar-refractivity contribution is 0.0967. The number of rotatable bonds is 2. The molecule has 22 heavy (non-hydrogen) atoms. The third kappa shape index (κ3) is 2.96. The van der Waals surface area contributed by atoms with Gasteiger partial charge in [-0.1, -0.05) is 36.8 Å². The molecule has 0 aliphatic heterocycles. The van der Waals surface area contributed by atoms with E-state index >= 15 is 0 Å². The first-order chi connectivity index (χ1) is 10.4. The Morgan fingerprint density at radius 1 is 0.818 bits per heavy atom. The molecular formula is C20H32N2. The summed E-state index contributed by atoms with van der Waals surface area (Å²) in [6.45, 7) is 4.49. The van der Waals surface area contributed by atoms with Crippen molar-refractivity contribution < 1.29 is 0 Å². The highest BCUT2D eigenvalue weighted by Crippen LogP contribution is 2.46. The van der Waals surface area contributed by atoms with Crippen molar-refractivity contribution in [1.82, 2.24) is 0 Å². The van der Waals surface area contributed by atoms with Crippen molar-refractivity contribution >= 4 is 0 Å². The van der Waals surface area contributed by atoms with Crippen LogP contribution >= 0.6 is 0 Å². The largest absolute Gasteiger partial charge is 0.324 e. The van der Waals surface area contributed by atoms with Crippen LogP contribution in [0.4, 0.5) is 0 Å².